The third kappa shape index (κ3) is 9.21. The molecule has 0 radical (unpaired) electrons. The summed E-state index contributed by atoms with van der Waals surface area (Å²) in [4.78, 5) is 2.52. The fourth-order valence-electron chi connectivity index (χ4n) is 4.57. The molecule has 0 heterocycles. The highest BCUT2D eigenvalue weighted by molar-refractivity contribution is 5.26. The molecular weight excluding hydrogens is 421 g/mol. The van der Waals surface area contributed by atoms with Crippen LogP contribution in [0.15, 0.2) is 54.6 Å². The van der Waals surface area contributed by atoms with Crippen LogP contribution in [0.1, 0.15) is 69.1 Å². The number of aryl methyl sites for hydroxylation is 1. The van der Waals surface area contributed by atoms with Gasteiger partial charge in [0.15, 0.2) is 0 Å². The second kappa shape index (κ2) is 13.4. The van der Waals surface area contributed by atoms with E-state index in [0.717, 1.165) is 37.9 Å². The van der Waals surface area contributed by atoms with E-state index in [2.05, 4.69) is 61.2 Å². The van der Waals surface area contributed by atoms with Gasteiger partial charge in [0.1, 0.15) is 0 Å². The first kappa shape index (κ1) is 26.9. The van der Waals surface area contributed by atoms with Gasteiger partial charge in [-0.3, -0.25) is 0 Å². The summed E-state index contributed by atoms with van der Waals surface area (Å²) in [6.07, 6.45) is 0.272. The van der Waals surface area contributed by atoms with Gasteiger partial charge in [-0.2, -0.15) is 18.4 Å². The Balaban J connectivity index is 0.00000122. The highest BCUT2D eigenvalue weighted by atomic mass is 19.4. The number of halogens is 3. The van der Waals surface area contributed by atoms with E-state index in [0.29, 0.717) is 12.5 Å². The lowest BCUT2D eigenvalue weighted by Gasteiger charge is -2.26. The molecule has 5 heteroatoms. The average molecular weight is 459 g/mol. The zero-order valence-electron chi connectivity index (χ0n) is 20.1. The molecule has 0 N–H and O–H groups in total. The van der Waals surface area contributed by atoms with Crippen LogP contribution >= 0.6 is 0 Å². The monoisotopic (exact) mass is 458 g/mol. The molecule has 1 fully saturated rings. The topological polar surface area (TPSA) is 27.0 Å². The van der Waals surface area contributed by atoms with E-state index in [-0.39, 0.29) is 18.8 Å². The van der Waals surface area contributed by atoms with E-state index in [9.17, 15) is 13.2 Å². The maximum absolute atomic E-state index is 12.9. The lowest BCUT2D eigenvalue weighted by molar-refractivity contribution is -0.172. The fourth-order valence-corrected chi connectivity index (χ4v) is 4.57. The summed E-state index contributed by atoms with van der Waals surface area (Å²) in [6, 6.07) is 21.2. The predicted molar refractivity (Wildman–Crippen MR) is 129 cm³/mol. The normalized spacial score (nSPS) is 18.2. The third-order valence-electron chi connectivity index (χ3n) is 6.52. The molecule has 2 aromatic carbocycles. The van der Waals surface area contributed by atoms with Crippen molar-refractivity contribution in [3.8, 4) is 6.07 Å². The summed E-state index contributed by atoms with van der Waals surface area (Å²) >= 11 is 0. The van der Waals surface area contributed by atoms with E-state index in [1.807, 2.05) is 12.1 Å². The van der Waals surface area contributed by atoms with Crippen LogP contribution in [0, 0.1) is 17.2 Å². The van der Waals surface area contributed by atoms with Crippen LogP contribution in [-0.2, 0) is 12.8 Å². The maximum atomic E-state index is 12.9. The SMILES string of the molecule is CC#N.CC(C)N(CCCc1ccc(C2CCC(C(F)(F)F)C2)cc1)CCc1ccccc1. The zero-order valence-corrected chi connectivity index (χ0v) is 20.1. The Labute approximate surface area is 197 Å². The Kier molecular flexibility index (Phi) is 10.9. The molecule has 0 amide bonds. The van der Waals surface area contributed by atoms with Crippen LogP contribution in [0.2, 0.25) is 0 Å². The summed E-state index contributed by atoms with van der Waals surface area (Å²) in [5.74, 6) is -1.07. The molecule has 0 spiro atoms. The minimum Gasteiger partial charge on any atom is -0.301 e. The molecule has 0 bridgehead atoms. The lowest BCUT2D eigenvalue weighted by Crippen LogP contribution is -2.34. The Hall–Kier alpha value is -2.32. The first-order chi connectivity index (χ1) is 15.7. The molecule has 2 aromatic rings. The van der Waals surface area contributed by atoms with Gasteiger partial charge < -0.3 is 4.90 Å². The van der Waals surface area contributed by atoms with Gasteiger partial charge in [0.2, 0.25) is 0 Å². The predicted octanol–water partition coefficient (Wildman–Crippen LogP) is 7.55. The Morgan fingerprint density at radius 2 is 1.55 bits per heavy atom. The van der Waals surface area contributed by atoms with Gasteiger partial charge in [-0.25, -0.2) is 0 Å². The smallest absolute Gasteiger partial charge is 0.301 e. The maximum Gasteiger partial charge on any atom is 0.391 e. The van der Waals surface area contributed by atoms with Crippen molar-refractivity contribution in [3.63, 3.8) is 0 Å². The standard InChI is InChI=1S/C26H34F3N.C2H3N/c1-20(2)30(18-16-21-7-4-3-5-8-21)17-6-9-22-10-12-23(13-11-22)24-14-15-25(19-24)26(27,28)29;1-2-3/h3-5,7-8,10-13,20,24-25H,6,9,14-19H2,1-2H3;1H3. The quantitative estimate of drug-likeness (QED) is 0.388. The first-order valence-corrected chi connectivity index (χ1v) is 12.0. The van der Waals surface area contributed by atoms with Gasteiger partial charge in [0, 0.05) is 19.5 Å². The third-order valence-corrected chi connectivity index (χ3v) is 6.52. The van der Waals surface area contributed by atoms with Gasteiger partial charge in [0.05, 0.1) is 12.0 Å². The molecule has 0 aliphatic heterocycles. The van der Waals surface area contributed by atoms with Gasteiger partial charge in [-0.15, -0.1) is 0 Å². The summed E-state index contributed by atoms with van der Waals surface area (Å²) in [5, 5.41) is 7.32. The van der Waals surface area contributed by atoms with Crippen LogP contribution in [-0.4, -0.2) is 30.2 Å². The Morgan fingerprint density at radius 1 is 0.939 bits per heavy atom. The van der Waals surface area contributed by atoms with E-state index >= 15 is 0 Å². The number of rotatable bonds is 9. The van der Waals surface area contributed by atoms with Crippen LogP contribution in [0.3, 0.4) is 0 Å². The first-order valence-electron chi connectivity index (χ1n) is 12.0. The molecule has 1 aliphatic carbocycles. The molecule has 2 nitrogen and oxygen atoms in total. The number of alkyl halides is 3. The van der Waals surface area contributed by atoms with Crippen molar-refractivity contribution in [2.24, 2.45) is 5.92 Å². The average Bonchev–Trinajstić information content (AvgIpc) is 3.28. The number of benzene rings is 2. The van der Waals surface area contributed by atoms with Crippen LogP contribution in [0.5, 0.6) is 0 Å². The highest BCUT2D eigenvalue weighted by Crippen LogP contribution is 2.45. The molecule has 0 saturated heterocycles. The number of nitriles is 1. The van der Waals surface area contributed by atoms with E-state index < -0.39 is 12.1 Å². The summed E-state index contributed by atoms with van der Waals surface area (Å²) < 4.78 is 38.8. The van der Waals surface area contributed by atoms with Crippen molar-refractivity contribution < 1.29 is 13.2 Å². The highest BCUT2D eigenvalue weighted by Gasteiger charge is 2.44. The summed E-state index contributed by atoms with van der Waals surface area (Å²) in [6.45, 7) is 8.04. The lowest BCUT2D eigenvalue weighted by atomic mass is 9.94. The van der Waals surface area contributed by atoms with Crippen molar-refractivity contribution in [1.29, 1.82) is 5.26 Å². The van der Waals surface area contributed by atoms with Crippen molar-refractivity contribution in [2.45, 2.75) is 77.4 Å². The minimum atomic E-state index is -4.04. The molecule has 3 rings (SSSR count). The zero-order chi connectivity index (χ0) is 24.3. The number of hydrogen-bond donors (Lipinski definition) is 0. The van der Waals surface area contributed by atoms with Crippen LogP contribution in [0.25, 0.3) is 0 Å². The fraction of sp³-hybridized carbons (Fsp3) is 0.536. The second-order valence-corrected chi connectivity index (χ2v) is 9.18. The molecule has 2 atom stereocenters. The molecule has 1 aliphatic rings. The van der Waals surface area contributed by atoms with Crippen molar-refractivity contribution in [2.75, 3.05) is 13.1 Å². The molecule has 0 aromatic heterocycles. The van der Waals surface area contributed by atoms with Gasteiger partial charge in [-0.05, 0) is 81.5 Å². The van der Waals surface area contributed by atoms with Gasteiger partial charge >= 0.3 is 6.18 Å². The van der Waals surface area contributed by atoms with Crippen LogP contribution < -0.4 is 0 Å². The van der Waals surface area contributed by atoms with Gasteiger partial charge in [0.25, 0.3) is 0 Å². The van der Waals surface area contributed by atoms with Crippen molar-refractivity contribution >= 4 is 0 Å². The van der Waals surface area contributed by atoms with E-state index in [1.165, 1.54) is 18.1 Å². The Morgan fingerprint density at radius 3 is 2.09 bits per heavy atom. The largest absolute Gasteiger partial charge is 0.391 e. The van der Waals surface area contributed by atoms with Crippen molar-refractivity contribution in [3.05, 3.63) is 71.3 Å². The number of nitrogens with zero attached hydrogens (tertiary/aromatic N) is 2. The minimum absolute atomic E-state index is 0.0556. The van der Waals surface area contributed by atoms with Crippen LogP contribution in [0.4, 0.5) is 13.2 Å². The van der Waals surface area contributed by atoms with Crippen molar-refractivity contribution in [1.82, 2.24) is 4.90 Å². The molecular formula is C28H37F3N2. The molecule has 33 heavy (non-hydrogen) atoms. The number of hydrogen-bond acceptors (Lipinski definition) is 2. The molecule has 2 unspecified atom stereocenters. The molecule has 1 saturated carbocycles. The van der Waals surface area contributed by atoms with E-state index in [1.54, 1.807) is 6.07 Å². The second-order valence-electron chi connectivity index (χ2n) is 9.18. The Bertz CT molecular complexity index is 838. The van der Waals surface area contributed by atoms with E-state index in [4.69, 9.17) is 5.26 Å². The summed E-state index contributed by atoms with van der Waals surface area (Å²) in [7, 11) is 0. The van der Waals surface area contributed by atoms with Gasteiger partial charge in [-0.1, -0.05) is 54.6 Å². The molecule has 180 valence electrons. The summed E-state index contributed by atoms with van der Waals surface area (Å²) in [5.41, 5.74) is 3.71.